The van der Waals surface area contributed by atoms with Crippen LogP contribution in [0, 0.1) is 19.9 Å². The second kappa shape index (κ2) is 4090. The molecule has 0 N–H and O–H groups in total. The summed E-state index contributed by atoms with van der Waals surface area (Å²) in [6, 6.07) is 0. The van der Waals surface area contributed by atoms with E-state index in [-0.39, 0.29) is 13.6 Å². The normalized spacial score (nSPS) is 2.29. The van der Waals surface area contributed by atoms with Gasteiger partial charge in [0, 0.05) is 19.9 Å². The van der Waals surface area contributed by atoms with Crippen molar-refractivity contribution in [1.29, 1.82) is 0 Å². The molecule has 8 heteroatoms. The van der Waals surface area contributed by atoms with E-state index in [1.54, 1.807) is 0 Å². The zero-order valence-corrected chi connectivity index (χ0v) is 6.18. The minimum atomic E-state index is 0. The van der Waals surface area contributed by atoms with Crippen LogP contribution in [0.1, 0.15) is 7.43 Å². The Morgan fingerprint density at radius 2 is 0.714 bits per heavy atom. The van der Waals surface area contributed by atoms with Gasteiger partial charge in [-0.15, -0.1) is 13.2 Å². The SMILES string of the molecule is C.C=C.O=C=C=O.O=C=O.O=O.O=O. The molecule has 0 aromatic heterocycles. The Morgan fingerprint density at radius 1 is 0.643 bits per heavy atom. The van der Waals surface area contributed by atoms with Crippen LogP contribution in [-0.4, -0.2) is 18.0 Å². The summed E-state index contributed by atoms with van der Waals surface area (Å²) in [5.74, 6) is 1.75. The lowest BCUT2D eigenvalue weighted by Crippen LogP contribution is -1.38. The van der Waals surface area contributed by atoms with Gasteiger partial charge in [-0.1, -0.05) is 7.43 Å². The Balaban J connectivity index is -0.0000000146. The van der Waals surface area contributed by atoms with E-state index < -0.39 is 0 Å². The molecule has 80 valence electrons. The maximum atomic E-state index is 8.62. The molecule has 0 rings (SSSR count). The van der Waals surface area contributed by atoms with Crippen LogP contribution in [0.15, 0.2) is 13.2 Å². The van der Waals surface area contributed by atoms with Gasteiger partial charge in [0.25, 0.3) is 0 Å². The third-order valence-corrected chi connectivity index (χ3v) is 0.0417. The first-order valence-corrected chi connectivity index (χ1v) is 1.90. The molecule has 0 fully saturated rings. The van der Waals surface area contributed by atoms with Crippen molar-refractivity contribution in [1.82, 2.24) is 0 Å². The van der Waals surface area contributed by atoms with E-state index in [0.29, 0.717) is 0 Å². The zero-order chi connectivity index (χ0) is 12.1. The van der Waals surface area contributed by atoms with Gasteiger partial charge in [-0.3, -0.25) is 0 Å². The highest BCUT2D eigenvalue weighted by Gasteiger charge is 1.27. The molecule has 0 radical (unpaired) electrons. The third-order valence-electron chi connectivity index (χ3n) is 0.0417. The maximum Gasteiger partial charge on any atom is 0.373 e. The first-order valence-electron chi connectivity index (χ1n) is 1.90. The van der Waals surface area contributed by atoms with E-state index in [9.17, 15) is 0 Å². The van der Waals surface area contributed by atoms with E-state index in [4.69, 9.17) is 39.0 Å². The molecule has 0 saturated heterocycles. The van der Waals surface area contributed by atoms with Crippen molar-refractivity contribution in [3.05, 3.63) is 33.0 Å². The van der Waals surface area contributed by atoms with Gasteiger partial charge >= 0.3 is 6.15 Å². The monoisotopic (exact) mass is 208 g/mol. The molecule has 0 aliphatic rings. The fraction of sp³-hybridized carbons (Fsp3) is 0.167. The Hall–Kier alpha value is -2.52. The number of carbonyl (C=O) groups excluding carboxylic acids is 4. The number of rotatable bonds is 0. The minimum absolute atomic E-state index is 0. The summed E-state index contributed by atoms with van der Waals surface area (Å²) in [4.78, 5) is 61.5. The molecule has 0 unspecified atom stereocenters. The molecule has 14 heavy (non-hydrogen) atoms. The van der Waals surface area contributed by atoms with E-state index in [1.807, 2.05) is 0 Å². The summed E-state index contributed by atoms with van der Waals surface area (Å²) in [5.41, 5.74) is 0. The maximum absolute atomic E-state index is 8.62. The standard InChI is InChI=1S/C2O2.C2H4.CO2.CH4.2O2/c3-1-2-4;1-2;2-1-3;;2*1-2/h;1-2H2;;1H4;;. The molecular formula is C6H8O8. The van der Waals surface area contributed by atoms with Crippen molar-refractivity contribution in [2.24, 2.45) is 0 Å². The number of hydrogen-bond donors (Lipinski definition) is 0. The third kappa shape index (κ3) is 295. The fourth-order valence-electron chi connectivity index (χ4n) is 0. The average molecular weight is 208 g/mol. The van der Waals surface area contributed by atoms with Crippen LogP contribution in [-0.2, 0) is 19.2 Å². The average Bonchev–Trinajstić information content (AvgIpc) is 2.27. The summed E-state index contributed by atoms with van der Waals surface area (Å²) in [5, 5.41) is 0. The number of hydrogen-bond acceptors (Lipinski definition) is 8. The van der Waals surface area contributed by atoms with E-state index in [1.165, 1.54) is 0 Å². The van der Waals surface area contributed by atoms with Crippen molar-refractivity contribution in [3.63, 3.8) is 0 Å². The van der Waals surface area contributed by atoms with Gasteiger partial charge in [0.15, 0.2) is 0 Å². The van der Waals surface area contributed by atoms with Gasteiger partial charge < -0.3 is 0 Å². The van der Waals surface area contributed by atoms with Crippen LogP contribution < -0.4 is 0 Å². The fourth-order valence-corrected chi connectivity index (χ4v) is 0. The van der Waals surface area contributed by atoms with Crippen molar-refractivity contribution in [3.8, 4) is 0 Å². The largest absolute Gasteiger partial charge is 0.373 e. The summed E-state index contributed by atoms with van der Waals surface area (Å²) in [6.45, 7) is 6.00. The Bertz CT molecular complexity index is 146. The second-order valence-electron chi connectivity index (χ2n) is 0.287. The molecular weight excluding hydrogens is 200 g/mol. The molecule has 0 heterocycles. The predicted molar refractivity (Wildman–Crippen MR) is 47.8 cm³/mol. The highest BCUT2D eigenvalue weighted by molar-refractivity contribution is 5.81. The van der Waals surface area contributed by atoms with Crippen LogP contribution >= 0.6 is 0 Å². The predicted octanol–water partition coefficient (Wildman–Crippen LogP) is 0.195. The zero-order valence-electron chi connectivity index (χ0n) is 6.18. The van der Waals surface area contributed by atoms with Gasteiger partial charge in [-0.25, -0.2) is 9.59 Å². The minimum Gasteiger partial charge on any atom is -0.221 e. The van der Waals surface area contributed by atoms with Crippen molar-refractivity contribution >= 4 is 18.0 Å². The molecule has 0 spiro atoms. The molecule has 0 aromatic rings. The molecule has 0 bridgehead atoms. The topological polar surface area (TPSA) is 137 Å². The molecule has 0 aliphatic carbocycles. The van der Waals surface area contributed by atoms with Gasteiger partial charge in [0.05, 0.1) is 0 Å². The molecule has 0 amide bonds. The molecule has 0 saturated carbocycles. The lowest BCUT2D eigenvalue weighted by Gasteiger charge is -1.07. The molecule has 0 atom stereocenters. The Morgan fingerprint density at radius 3 is 0.714 bits per heavy atom. The summed E-state index contributed by atoms with van der Waals surface area (Å²) >= 11 is 0. The quantitative estimate of drug-likeness (QED) is 0.406. The van der Waals surface area contributed by atoms with Gasteiger partial charge in [-0.05, 0) is 0 Å². The van der Waals surface area contributed by atoms with Crippen molar-refractivity contribution < 1.29 is 19.2 Å². The summed E-state index contributed by atoms with van der Waals surface area (Å²) in [7, 11) is 0. The van der Waals surface area contributed by atoms with Crippen LogP contribution in [0.25, 0.3) is 0 Å². The van der Waals surface area contributed by atoms with Gasteiger partial charge in [0.2, 0.25) is 11.9 Å². The van der Waals surface area contributed by atoms with Gasteiger partial charge in [-0.2, -0.15) is 9.59 Å². The Kier molecular flexibility index (Phi) is 12300. The molecule has 8 nitrogen and oxygen atoms in total. The lowest BCUT2D eigenvalue weighted by molar-refractivity contribution is -0.191. The van der Waals surface area contributed by atoms with E-state index in [0.717, 1.165) is 11.9 Å². The summed E-state index contributed by atoms with van der Waals surface area (Å²) in [6.07, 6.45) is 0.250. The van der Waals surface area contributed by atoms with Crippen LogP contribution in [0.3, 0.4) is 0 Å². The molecule has 0 aromatic carbocycles. The van der Waals surface area contributed by atoms with Crippen LogP contribution in [0.5, 0.6) is 0 Å². The van der Waals surface area contributed by atoms with Gasteiger partial charge in [0.1, 0.15) is 0 Å². The highest BCUT2D eigenvalue weighted by atomic mass is 16.7. The van der Waals surface area contributed by atoms with Crippen LogP contribution in [0.4, 0.5) is 0 Å². The van der Waals surface area contributed by atoms with E-state index in [2.05, 4.69) is 13.2 Å². The summed E-state index contributed by atoms with van der Waals surface area (Å²) < 4.78 is 0. The van der Waals surface area contributed by atoms with Crippen LogP contribution in [0.2, 0.25) is 0 Å². The highest BCUT2D eigenvalue weighted by Crippen LogP contribution is 0.915. The first kappa shape index (κ1) is 42.0. The van der Waals surface area contributed by atoms with Crippen molar-refractivity contribution in [2.75, 3.05) is 0 Å². The first-order chi connectivity index (χ1) is 6.33. The van der Waals surface area contributed by atoms with Crippen molar-refractivity contribution in [2.45, 2.75) is 7.43 Å². The Labute approximate surface area is 78.7 Å². The second-order valence-corrected chi connectivity index (χ2v) is 0.287. The lowest BCUT2D eigenvalue weighted by atomic mass is 11.2. The smallest absolute Gasteiger partial charge is 0.221 e. The van der Waals surface area contributed by atoms with E-state index >= 15 is 0 Å². The molecule has 0 aliphatic heterocycles.